The van der Waals surface area contributed by atoms with Crippen LogP contribution in [0.5, 0.6) is 0 Å². The molecule has 1 aliphatic heterocycles. The summed E-state index contributed by atoms with van der Waals surface area (Å²) in [6, 6.07) is 11.5. The number of nitrogens with one attached hydrogen (secondary N) is 1. The molecule has 1 saturated heterocycles. The third-order valence-corrected chi connectivity index (χ3v) is 9.03. The molecule has 2 N–H and O–H groups in total. The maximum absolute atomic E-state index is 12.9. The zero-order chi connectivity index (χ0) is 26.1. The average Bonchev–Trinajstić information content (AvgIpc) is 3.16. The van der Waals surface area contributed by atoms with Gasteiger partial charge < -0.3 is 5.32 Å². The number of aromatic nitrogens is 1. The zero-order valence-electron chi connectivity index (χ0n) is 19.9. The molecule has 3 rings (SSSR count). The number of carbonyl (C=O) groups is 3. The molecule has 0 spiro atoms. The van der Waals surface area contributed by atoms with Gasteiger partial charge in [0, 0.05) is 36.9 Å². The van der Waals surface area contributed by atoms with Crippen LogP contribution in [0, 0.1) is 6.92 Å². The first kappa shape index (κ1) is 28.2. The molecule has 0 saturated carbocycles. The molecule has 194 valence electrons. The molecule has 3 amide bonds. The van der Waals surface area contributed by atoms with Gasteiger partial charge in [0.1, 0.15) is 5.03 Å². The van der Waals surface area contributed by atoms with E-state index in [1.807, 2.05) is 43.3 Å². The van der Waals surface area contributed by atoms with Crippen molar-refractivity contribution in [2.24, 2.45) is 0 Å². The van der Waals surface area contributed by atoms with E-state index in [2.05, 4.69) is 10.3 Å². The molecule has 1 aromatic heterocycles. The predicted molar refractivity (Wildman–Crippen MR) is 140 cm³/mol. The van der Waals surface area contributed by atoms with Crippen LogP contribution in [0.15, 0.2) is 47.6 Å². The van der Waals surface area contributed by atoms with Gasteiger partial charge in [-0.2, -0.15) is 8.42 Å². The third kappa shape index (κ3) is 7.79. The minimum atomic E-state index is -4.58. The van der Waals surface area contributed by atoms with Crippen LogP contribution in [-0.4, -0.2) is 52.5 Å². The largest absolute Gasteiger partial charge is 0.352 e. The Balaban J connectivity index is 1.46. The zero-order valence-corrected chi connectivity index (χ0v) is 22.3. The molecule has 12 heteroatoms. The summed E-state index contributed by atoms with van der Waals surface area (Å²) < 4.78 is 33.0. The number of hydrogen-bond acceptors (Lipinski definition) is 8. The molecule has 0 radical (unpaired) electrons. The van der Waals surface area contributed by atoms with E-state index in [1.165, 1.54) is 0 Å². The van der Waals surface area contributed by atoms with Crippen molar-refractivity contribution in [2.45, 2.75) is 61.6 Å². The van der Waals surface area contributed by atoms with Gasteiger partial charge in [-0.05, 0) is 53.8 Å². The number of benzene rings is 1. The molecule has 9 nitrogen and oxygen atoms in total. The minimum absolute atomic E-state index is 0.0435. The number of unbranched alkanes of at least 4 members (excludes halogenated alkanes) is 2. The molecule has 0 bridgehead atoms. The van der Waals surface area contributed by atoms with E-state index in [0.29, 0.717) is 42.0 Å². The molecule has 0 aliphatic carbocycles. The quantitative estimate of drug-likeness (QED) is 0.164. The van der Waals surface area contributed by atoms with E-state index >= 15 is 0 Å². The van der Waals surface area contributed by atoms with Gasteiger partial charge in [-0.25, -0.2) is 4.98 Å². The Kier molecular flexibility index (Phi) is 10.3. The molecule has 1 fully saturated rings. The van der Waals surface area contributed by atoms with Gasteiger partial charge in [0.2, 0.25) is 11.8 Å². The normalized spacial score (nSPS) is 14.8. The van der Waals surface area contributed by atoms with Gasteiger partial charge in [-0.15, -0.1) is 0 Å². The first-order valence-corrected chi connectivity index (χ1v) is 15.4. The molecule has 2 heterocycles. The van der Waals surface area contributed by atoms with Crippen LogP contribution in [-0.2, 0) is 25.5 Å². The number of likely N-dealkylation sites (tertiary alicyclic amines) is 1. The summed E-state index contributed by atoms with van der Waals surface area (Å²) in [7, 11) is -1.43. The Bertz CT molecular complexity index is 1170. The van der Waals surface area contributed by atoms with E-state index < -0.39 is 27.3 Å². The highest BCUT2D eigenvalue weighted by Gasteiger charge is 2.40. The SMILES string of the molecule is Cc1cccc(CSSc2ccccn2)c1C(=O)NCCCCCC(N1C(=O)CCC1=O)S(=O)(=O)O. The highest BCUT2D eigenvalue weighted by molar-refractivity contribution is 8.76. The second-order valence-electron chi connectivity index (χ2n) is 8.35. The van der Waals surface area contributed by atoms with E-state index in [9.17, 15) is 27.4 Å². The van der Waals surface area contributed by atoms with E-state index in [4.69, 9.17) is 0 Å². The summed E-state index contributed by atoms with van der Waals surface area (Å²) in [5, 5.41) is 2.27. The van der Waals surface area contributed by atoms with Crippen molar-refractivity contribution in [1.82, 2.24) is 15.2 Å². The lowest BCUT2D eigenvalue weighted by molar-refractivity contribution is -0.139. The van der Waals surface area contributed by atoms with E-state index in [-0.39, 0.29) is 25.2 Å². The maximum atomic E-state index is 12.9. The number of pyridine rings is 1. The molecule has 1 aliphatic rings. The number of nitrogens with zero attached hydrogens (tertiary/aromatic N) is 2. The first-order chi connectivity index (χ1) is 17.2. The lowest BCUT2D eigenvalue weighted by Crippen LogP contribution is -2.44. The summed E-state index contributed by atoms with van der Waals surface area (Å²) in [6.45, 7) is 2.28. The van der Waals surface area contributed by atoms with Crippen LogP contribution < -0.4 is 5.32 Å². The molecule has 36 heavy (non-hydrogen) atoms. The summed E-state index contributed by atoms with van der Waals surface area (Å²) >= 11 is 0. The monoisotopic (exact) mass is 551 g/mol. The van der Waals surface area contributed by atoms with Crippen LogP contribution in [0.3, 0.4) is 0 Å². The van der Waals surface area contributed by atoms with Crippen molar-refractivity contribution in [1.29, 1.82) is 0 Å². The fourth-order valence-corrected chi connectivity index (χ4v) is 6.93. The van der Waals surface area contributed by atoms with Gasteiger partial charge in [-0.3, -0.25) is 23.8 Å². The van der Waals surface area contributed by atoms with Gasteiger partial charge in [0.05, 0.1) is 0 Å². The Morgan fingerprint density at radius 1 is 1.11 bits per heavy atom. The Morgan fingerprint density at radius 2 is 1.86 bits per heavy atom. The van der Waals surface area contributed by atoms with Crippen molar-refractivity contribution in [3.05, 3.63) is 59.3 Å². The number of imide groups is 1. The first-order valence-electron chi connectivity index (χ1n) is 11.6. The lowest BCUT2D eigenvalue weighted by atomic mass is 10.0. The van der Waals surface area contributed by atoms with Crippen LogP contribution in [0.1, 0.15) is 60.0 Å². The Morgan fingerprint density at radius 3 is 2.53 bits per heavy atom. The van der Waals surface area contributed by atoms with Crippen molar-refractivity contribution >= 4 is 49.4 Å². The van der Waals surface area contributed by atoms with Crippen molar-refractivity contribution in [3.8, 4) is 0 Å². The van der Waals surface area contributed by atoms with Crippen LogP contribution in [0.25, 0.3) is 0 Å². The summed E-state index contributed by atoms with van der Waals surface area (Å²) in [4.78, 5) is 41.6. The van der Waals surface area contributed by atoms with Crippen molar-refractivity contribution in [3.63, 3.8) is 0 Å². The Hall–Kier alpha value is -2.41. The molecule has 2 aromatic rings. The number of carbonyl (C=O) groups excluding carboxylic acids is 3. The number of rotatable bonds is 13. The smallest absolute Gasteiger partial charge is 0.286 e. The fourth-order valence-electron chi connectivity index (χ4n) is 3.96. The summed E-state index contributed by atoms with van der Waals surface area (Å²) in [5.74, 6) is -0.701. The highest BCUT2D eigenvalue weighted by atomic mass is 33.1. The third-order valence-electron chi connectivity index (χ3n) is 5.72. The van der Waals surface area contributed by atoms with E-state index in [1.54, 1.807) is 27.8 Å². The van der Waals surface area contributed by atoms with Crippen molar-refractivity contribution < 1.29 is 27.4 Å². The van der Waals surface area contributed by atoms with Gasteiger partial charge in [0.15, 0.2) is 5.37 Å². The molecular formula is C24H29N3O6S3. The minimum Gasteiger partial charge on any atom is -0.352 e. The maximum Gasteiger partial charge on any atom is 0.286 e. The van der Waals surface area contributed by atoms with Crippen LogP contribution in [0.4, 0.5) is 0 Å². The van der Waals surface area contributed by atoms with Crippen LogP contribution in [0.2, 0.25) is 0 Å². The van der Waals surface area contributed by atoms with E-state index in [0.717, 1.165) is 16.2 Å². The number of aryl methyl sites for hydroxylation is 1. The predicted octanol–water partition coefficient (Wildman–Crippen LogP) is 3.98. The summed E-state index contributed by atoms with van der Waals surface area (Å²) in [5.41, 5.74) is 2.45. The number of hydrogen-bond donors (Lipinski definition) is 2. The standard InChI is InChI=1S/C24H29N3O6S3/c1-17-8-7-9-18(16-34-35-19-10-4-6-14-25-19)23(17)24(30)26-15-5-2-3-11-22(36(31,32)33)27-20(28)12-13-21(27)29/h4,6-10,14,22H,2-3,5,11-13,15-16H2,1H3,(H,26,30)(H,31,32,33). The second-order valence-corrected chi connectivity index (χ2v) is 12.2. The molecular weight excluding hydrogens is 522 g/mol. The second kappa shape index (κ2) is 13.2. The molecule has 1 unspecified atom stereocenters. The summed E-state index contributed by atoms with van der Waals surface area (Å²) in [6.07, 6.45) is 3.11. The van der Waals surface area contributed by atoms with Gasteiger partial charge in [0.25, 0.3) is 16.0 Å². The van der Waals surface area contributed by atoms with Gasteiger partial charge in [-0.1, -0.05) is 47.9 Å². The molecule has 1 aromatic carbocycles. The number of amides is 3. The highest BCUT2D eigenvalue weighted by Crippen LogP contribution is 2.33. The lowest BCUT2D eigenvalue weighted by Gasteiger charge is -2.23. The molecule has 1 atom stereocenters. The van der Waals surface area contributed by atoms with Crippen molar-refractivity contribution in [2.75, 3.05) is 6.54 Å². The van der Waals surface area contributed by atoms with Gasteiger partial charge >= 0.3 is 0 Å². The fraction of sp³-hybridized carbons (Fsp3) is 0.417. The average molecular weight is 552 g/mol. The topological polar surface area (TPSA) is 134 Å². The Labute approximate surface area is 219 Å². The van der Waals surface area contributed by atoms with Crippen LogP contribution >= 0.6 is 21.6 Å².